The number of aliphatic hydroxyl groups is 1. The third-order valence-corrected chi connectivity index (χ3v) is 2.93. The van der Waals surface area contributed by atoms with Crippen molar-refractivity contribution in [3.63, 3.8) is 0 Å². The summed E-state index contributed by atoms with van der Waals surface area (Å²) in [5.74, 6) is 0.508. The molecule has 1 nitrogen and oxygen atoms in total. The fourth-order valence-electron chi connectivity index (χ4n) is 1.62. The van der Waals surface area contributed by atoms with Crippen molar-refractivity contribution in [1.29, 1.82) is 0 Å². The van der Waals surface area contributed by atoms with Crippen LogP contribution in [0.2, 0.25) is 0 Å². The van der Waals surface area contributed by atoms with E-state index in [0.717, 1.165) is 10.0 Å². The summed E-state index contributed by atoms with van der Waals surface area (Å²) >= 11 is 3.44. The first kappa shape index (κ1) is 9.22. The van der Waals surface area contributed by atoms with Crippen molar-refractivity contribution in [2.75, 3.05) is 0 Å². The normalized spacial score (nSPS) is 18.7. The molecule has 70 valence electrons. The van der Waals surface area contributed by atoms with Gasteiger partial charge in [0.05, 0.1) is 6.10 Å². The zero-order chi connectivity index (χ0) is 9.42. The Kier molecular flexibility index (Phi) is 2.43. The van der Waals surface area contributed by atoms with E-state index in [4.69, 9.17) is 0 Å². The topological polar surface area (TPSA) is 20.2 Å². The maximum absolute atomic E-state index is 9.89. The fourth-order valence-corrected chi connectivity index (χ4v) is 2.24. The Labute approximate surface area is 86.9 Å². The number of benzene rings is 1. The number of rotatable bonds is 2. The molecule has 1 saturated carbocycles. The maximum Gasteiger partial charge on any atom is 0.0818 e. The summed E-state index contributed by atoms with van der Waals surface area (Å²) in [7, 11) is 0. The van der Waals surface area contributed by atoms with Crippen molar-refractivity contribution < 1.29 is 5.11 Å². The molecular weight excluding hydrogens is 228 g/mol. The van der Waals surface area contributed by atoms with E-state index in [2.05, 4.69) is 28.1 Å². The van der Waals surface area contributed by atoms with Crippen molar-refractivity contribution in [2.24, 2.45) is 5.92 Å². The van der Waals surface area contributed by atoms with Gasteiger partial charge >= 0.3 is 0 Å². The number of hydrogen-bond acceptors (Lipinski definition) is 1. The molecule has 0 heterocycles. The maximum atomic E-state index is 9.89. The molecule has 1 aliphatic carbocycles. The van der Waals surface area contributed by atoms with E-state index in [0.29, 0.717) is 5.92 Å². The Balaban J connectivity index is 2.27. The monoisotopic (exact) mass is 240 g/mol. The lowest BCUT2D eigenvalue weighted by atomic mass is 10.0. The summed E-state index contributed by atoms with van der Waals surface area (Å²) in [6, 6.07) is 6.13. The molecule has 2 rings (SSSR count). The van der Waals surface area contributed by atoms with E-state index in [1.807, 2.05) is 13.0 Å². The lowest BCUT2D eigenvalue weighted by Crippen LogP contribution is -1.99. The van der Waals surface area contributed by atoms with Crippen molar-refractivity contribution >= 4 is 15.9 Å². The molecule has 0 saturated heterocycles. The van der Waals surface area contributed by atoms with Crippen LogP contribution < -0.4 is 0 Å². The lowest BCUT2D eigenvalue weighted by Gasteiger charge is -2.10. The highest BCUT2D eigenvalue weighted by atomic mass is 79.9. The van der Waals surface area contributed by atoms with Crippen molar-refractivity contribution in [3.8, 4) is 0 Å². The van der Waals surface area contributed by atoms with Gasteiger partial charge in [-0.3, -0.25) is 0 Å². The van der Waals surface area contributed by atoms with E-state index in [1.54, 1.807) is 0 Å². The third-order valence-electron chi connectivity index (χ3n) is 2.47. The molecule has 1 fully saturated rings. The molecule has 1 atom stereocenters. The van der Waals surface area contributed by atoms with Crippen LogP contribution in [-0.2, 0) is 0 Å². The zero-order valence-electron chi connectivity index (χ0n) is 7.63. The second kappa shape index (κ2) is 3.43. The van der Waals surface area contributed by atoms with Gasteiger partial charge in [-0.25, -0.2) is 0 Å². The Morgan fingerprint density at radius 3 is 2.62 bits per heavy atom. The quantitative estimate of drug-likeness (QED) is 0.842. The first-order chi connectivity index (χ1) is 6.16. The van der Waals surface area contributed by atoms with Gasteiger partial charge in [0.15, 0.2) is 0 Å². The summed E-state index contributed by atoms with van der Waals surface area (Å²) < 4.78 is 1.06. The highest BCUT2D eigenvalue weighted by molar-refractivity contribution is 9.10. The standard InChI is InChI=1S/C11H13BrO/c1-7-4-9(6-10(12)5-7)11(13)8-2-3-8/h4-6,8,11,13H,2-3H2,1H3. The van der Waals surface area contributed by atoms with Crippen LogP contribution in [0.4, 0.5) is 0 Å². The van der Waals surface area contributed by atoms with Crippen LogP contribution in [-0.4, -0.2) is 5.11 Å². The van der Waals surface area contributed by atoms with Crippen LogP contribution in [0, 0.1) is 12.8 Å². The van der Waals surface area contributed by atoms with E-state index in [9.17, 15) is 5.11 Å². The average Bonchev–Trinajstić information content (AvgIpc) is 2.83. The summed E-state index contributed by atoms with van der Waals surface area (Å²) in [6.07, 6.45) is 2.09. The molecule has 1 aliphatic rings. The van der Waals surface area contributed by atoms with Crippen LogP contribution in [0.25, 0.3) is 0 Å². The molecule has 0 bridgehead atoms. The van der Waals surface area contributed by atoms with E-state index in [-0.39, 0.29) is 6.10 Å². The van der Waals surface area contributed by atoms with Gasteiger partial charge in [-0.15, -0.1) is 0 Å². The molecule has 0 radical (unpaired) electrons. The van der Waals surface area contributed by atoms with Crippen molar-refractivity contribution in [1.82, 2.24) is 0 Å². The lowest BCUT2D eigenvalue weighted by molar-refractivity contribution is 0.153. The van der Waals surface area contributed by atoms with Crippen molar-refractivity contribution in [3.05, 3.63) is 33.8 Å². The van der Waals surface area contributed by atoms with Crippen molar-refractivity contribution in [2.45, 2.75) is 25.9 Å². The molecule has 1 aromatic carbocycles. The minimum absolute atomic E-state index is 0.254. The predicted molar refractivity (Wildman–Crippen MR) is 56.6 cm³/mol. The van der Waals surface area contributed by atoms with Crippen LogP contribution in [0.15, 0.2) is 22.7 Å². The molecule has 13 heavy (non-hydrogen) atoms. The van der Waals surface area contributed by atoms with Gasteiger partial charge in [0, 0.05) is 4.47 Å². The highest BCUT2D eigenvalue weighted by Gasteiger charge is 2.30. The minimum Gasteiger partial charge on any atom is -0.388 e. The van der Waals surface area contributed by atoms with Crippen LogP contribution >= 0.6 is 15.9 Å². The summed E-state index contributed by atoms with van der Waals surface area (Å²) in [4.78, 5) is 0. The Hall–Kier alpha value is -0.340. The molecule has 1 aromatic rings. The summed E-state index contributed by atoms with van der Waals surface area (Å²) in [5.41, 5.74) is 2.25. The molecule has 2 heteroatoms. The molecule has 0 aromatic heterocycles. The predicted octanol–water partition coefficient (Wildman–Crippen LogP) is 3.20. The number of hydrogen-bond donors (Lipinski definition) is 1. The van der Waals surface area contributed by atoms with Gasteiger partial charge < -0.3 is 5.11 Å². The average molecular weight is 241 g/mol. The smallest absolute Gasteiger partial charge is 0.0818 e. The molecular formula is C11H13BrO. The Morgan fingerprint density at radius 1 is 1.38 bits per heavy atom. The minimum atomic E-state index is -0.254. The number of aryl methyl sites for hydroxylation is 1. The number of halogens is 1. The first-order valence-corrected chi connectivity index (χ1v) is 5.41. The zero-order valence-corrected chi connectivity index (χ0v) is 9.21. The van der Waals surface area contributed by atoms with E-state index >= 15 is 0 Å². The van der Waals surface area contributed by atoms with Crippen LogP contribution in [0.1, 0.15) is 30.1 Å². The van der Waals surface area contributed by atoms with E-state index in [1.165, 1.54) is 18.4 Å². The largest absolute Gasteiger partial charge is 0.388 e. The molecule has 1 unspecified atom stereocenters. The van der Waals surface area contributed by atoms with Gasteiger partial charge in [0.1, 0.15) is 0 Å². The van der Waals surface area contributed by atoms with Gasteiger partial charge in [-0.1, -0.05) is 22.0 Å². The Morgan fingerprint density at radius 2 is 2.08 bits per heavy atom. The summed E-state index contributed by atoms with van der Waals surface area (Å²) in [6.45, 7) is 2.05. The molecule has 1 N–H and O–H groups in total. The van der Waals surface area contributed by atoms with Gasteiger partial charge in [0.2, 0.25) is 0 Å². The van der Waals surface area contributed by atoms with Crippen LogP contribution in [0.5, 0.6) is 0 Å². The molecule has 0 spiro atoms. The summed E-state index contributed by atoms with van der Waals surface area (Å²) in [5, 5.41) is 9.89. The number of aliphatic hydroxyl groups excluding tert-OH is 1. The van der Waals surface area contributed by atoms with Crippen LogP contribution in [0.3, 0.4) is 0 Å². The second-order valence-electron chi connectivity index (χ2n) is 3.84. The highest BCUT2D eigenvalue weighted by Crippen LogP contribution is 2.41. The second-order valence-corrected chi connectivity index (χ2v) is 4.76. The fraction of sp³-hybridized carbons (Fsp3) is 0.455. The SMILES string of the molecule is Cc1cc(Br)cc(C(O)C2CC2)c1. The van der Waals surface area contributed by atoms with Gasteiger partial charge in [0.25, 0.3) is 0 Å². The molecule has 0 amide bonds. The van der Waals surface area contributed by atoms with E-state index < -0.39 is 0 Å². The third kappa shape index (κ3) is 2.12. The Bertz CT molecular complexity index is 298. The first-order valence-electron chi connectivity index (χ1n) is 4.62. The molecule has 0 aliphatic heterocycles. The van der Waals surface area contributed by atoms with Gasteiger partial charge in [-0.05, 0) is 48.9 Å². The van der Waals surface area contributed by atoms with Gasteiger partial charge in [-0.2, -0.15) is 0 Å².